The molecular weight excluding hydrogens is 397 g/mol. The van der Waals surface area contributed by atoms with Gasteiger partial charge < -0.3 is 15.7 Å². The molecule has 3 rings (SSSR count). The molecule has 2 aromatic heterocycles. The number of nitrogens with zero attached hydrogens (tertiary/aromatic N) is 4. The first-order valence-electron chi connectivity index (χ1n) is 9.62. The molecule has 2 aromatic rings. The number of hydrogen-bond acceptors (Lipinski definition) is 6. The highest BCUT2D eigenvalue weighted by Crippen LogP contribution is 2.39. The monoisotopic (exact) mass is 423 g/mol. The second kappa shape index (κ2) is 8.49. The molecule has 0 aliphatic carbocycles. The third-order valence-electron chi connectivity index (χ3n) is 6.10. The maximum atomic E-state index is 9.95. The van der Waals surface area contributed by atoms with Crippen molar-refractivity contribution in [2.24, 2.45) is 11.1 Å². The highest BCUT2D eigenvalue weighted by molar-refractivity contribution is 6.42. The van der Waals surface area contributed by atoms with Gasteiger partial charge in [-0.15, -0.1) is 0 Å². The van der Waals surface area contributed by atoms with Crippen LogP contribution in [-0.4, -0.2) is 39.2 Å². The van der Waals surface area contributed by atoms with Crippen LogP contribution in [0, 0.1) is 12.3 Å². The van der Waals surface area contributed by atoms with E-state index in [1.54, 1.807) is 12.3 Å². The molecular formula is C20H27Cl2N5O. The fourth-order valence-electron chi connectivity index (χ4n) is 4.05. The number of halogens is 2. The molecule has 8 heteroatoms. The van der Waals surface area contributed by atoms with Gasteiger partial charge in [-0.1, -0.05) is 30.1 Å². The zero-order valence-electron chi connectivity index (χ0n) is 16.5. The summed E-state index contributed by atoms with van der Waals surface area (Å²) in [5.74, 6) is 0.731. The number of nitrogens with two attached hydrogens (primary N) is 1. The average Bonchev–Trinajstić information content (AvgIpc) is 2.70. The first-order chi connectivity index (χ1) is 13.3. The Balaban J connectivity index is 1.94. The summed E-state index contributed by atoms with van der Waals surface area (Å²) >= 11 is 12.4. The van der Waals surface area contributed by atoms with E-state index in [-0.39, 0.29) is 23.2 Å². The first-order valence-corrected chi connectivity index (χ1v) is 10.4. The number of anilines is 1. The Kier molecular flexibility index (Phi) is 6.44. The average molecular weight is 424 g/mol. The Morgan fingerprint density at radius 3 is 2.54 bits per heavy atom. The Bertz CT molecular complexity index is 851. The lowest BCUT2D eigenvalue weighted by Gasteiger charge is -2.44. The van der Waals surface area contributed by atoms with Crippen molar-refractivity contribution in [3.8, 4) is 11.3 Å². The number of aliphatic hydroxyl groups is 1. The summed E-state index contributed by atoms with van der Waals surface area (Å²) in [6.45, 7) is 7.69. The fourth-order valence-corrected chi connectivity index (χ4v) is 4.41. The molecule has 3 N–H and O–H groups in total. The van der Waals surface area contributed by atoms with Crippen LogP contribution < -0.4 is 10.6 Å². The molecule has 1 unspecified atom stereocenters. The van der Waals surface area contributed by atoms with Gasteiger partial charge in [0.2, 0.25) is 0 Å². The standard InChI is InChI=1S/C20H27Cl2N5O/c1-4-20(13(3)23)6-9-27(10-7-20)19-15(11-28)26-17(12(2)25-19)14-5-8-24-18(22)16(14)21/h5,8,13,28H,4,6-7,9-11,23H2,1-3H3. The minimum absolute atomic E-state index is 0.158. The molecule has 0 bridgehead atoms. The minimum atomic E-state index is -0.200. The van der Waals surface area contributed by atoms with Gasteiger partial charge in [0.05, 0.1) is 23.0 Å². The Labute approximate surface area is 176 Å². The van der Waals surface area contributed by atoms with Crippen LogP contribution in [0.5, 0.6) is 0 Å². The summed E-state index contributed by atoms with van der Waals surface area (Å²) in [6.07, 6.45) is 4.65. The maximum absolute atomic E-state index is 9.95. The van der Waals surface area contributed by atoms with E-state index in [1.807, 2.05) is 6.92 Å². The van der Waals surface area contributed by atoms with Gasteiger partial charge in [-0.3, -0.25) is 0 Å². The topological polar surface area (TPSA) is 88.2 Å². The van der Waals surface area contributed by atoms with E-state index in [4.69, 9.17) is 33.9 Å². The Hall–Kier alpha value is -1.47. The van der Waals surface area contributed by atoms with Crippen LogP contribution in [0.4, 0.5) is 5.82 Å². The maximum Gasteiger partial charge on any atom is 0.153 e. The van der Waals surface area contributed by atoms with Crippen molar-refractivity contribution >= 4 is 29.0 Å². The Morgan fingerprint density at radius 2 is 1.96 bits per heavy atom. The molecule has 1 aliphatic heterocycles. The van der Waals surface area contributed by atoms with Crippen LogP contribution in [0.15, 0.2) is 12.3 Å². The van der Waals surface area contributed by atoms with Gasteiger partial charge >= 0.3 is 0 Å². The number of rotatable bonds is 5. The highest BCUT2D eigenvalue weighted by atomic mass is 35.5. The smallest absolute Gasteiger partial charge is 0.153 e. The number of hydrogen-bond donors (Lipinski definition) is 2. The van der Waals surface area contributed by atoms with E-state index in [1.165, 1.54) is 0 Å². The number of piperidine rings is 1. The predicted octanol–water partition coefficient (Wildman–Crippen LogP) is 3.99. The lowest BCUT2D eigenvalue weighted by atomic mass is 9.71. The van der Waals surface area contributed by atoms with Crippen molar-refractivity contribution in [2.75, 3.05) is 18.0 Å². The molecule has 152 valence electrons. The molecule has 0 radical (unpaired) electrons. The van der Waals surface area contributed by atoms with Crippen molar-refractivity contribution < 1.29 is 5.11 Å². The van der Waals surface area contributed by atoms with E-state index >= 15 is 0 Å². The van der Waals surface area contributed by atoms with Gasteiger partial charge in [-0.2, -0.15) is 0 Å². The molecule has 1 atom stereocenters. The fraction of sp³-hybridized carbons (Fsp3) is 0.550. The highest BCUT2D eigenvalue weighted by Gasteiger charge is 2.37. The number of aryl methyl sites for hydroxylation is 1. The third-order valence-corrected chi connectivity index (χ3v) is 6.87. The van der Waals surface area contributed by atoms with Crippen LogP contribution in [0.25, 0.3) is 11.3 Å². The summed E-state index contributed by atoms with van der Waals surface area (Å²) in [7, 11) is 0. The normalized spacial score (nSPS) is 17.6. The zero-order chi connectivity index (χ0) is 20.5. The van der Waals surface area contributed by atoms with E-state index in [9.17, 15) is 5.11 Å². The predicted molar refractivity (Wildman–Crippen MR) is 114 cm³/mol. The van der Waals surface area contributed by atoms with Gasteiger partial charge in [0.15, 0.2) is 5.82 Å². The van der Waals surface area contributed by atoms with Crippen molar-refractivity contribution in [3.63, 3.8) is 0 Å². The minimum Gasteiger partial charge on any atom is -0.390 e. The summed E-state index contributed by atoms with van der Waals surface area (Å²) < 4.78 is 0. The van der Waals surface area contributed by atoms with E-state index < -0.39 is 0 Å². The largest absolute Gasteiger partial charge is 0.390 e. The van der Waals surface area contributed by atoms with E-state index in [2.05, 4.69) is 28.7 Å². The zero-order valence-corrected chi connectivity index (χ0v) is 18.1. The number of aromatic nitrogens is 3. The molecule has 3 heterocycles. The summed E-state index contributed by atoms with van der Waals surface area (Å²) in [6, 6.07) is 1.91. The molecule has 28 heavy (non-hydrogen) atoms. The van der Waals surface area contributed by atoms with Crippen molar-refractivity contribution in [3.05, 3.63) is 33.8 Å². The number of aliphatic hydroxyl groups excluding tert-OH is 1. The second-order valence-corrected chi connectivity index (χ2v) is 8.28. The molecule has 1 fully saturated rings. The van der Waals surface area contributed by atoms with Crippen molar-refractivity contribution in [1.29, 1.82) is 0 Å². The molecule has 1 saturated heterocycles. The molecule has 0 aromatic carbocycles. The SMILES string of the molecule is CCC1(C(C)N)CCN(c2nc(C)c(-c3ccnc(Cl)c3Cl)nc2CO)CC1. The lowest BCUT2D eigenvalue weighted by molar-refractivity contribution is 0.169. The van der Waals surface area contributed by atoms with E-state index in [0.29, 0.717) is 22.0 Å². The summed E-state index contributed by atoms with van der Waals surface area (Å²) in [4.78, 5) is 15.6. The molecule has 0 spiro atoms. The number of pyridine rings is 1. The van der Waals surface area contributed by atoms with Crippen LogP contribution in [0.3, 0.4) is 0 Å². The van der Waals surface area contributed by atoms with Crippen molar-refractivity contribution in [1.82, 2.24) is 15.0 Å². The molecule has 0 amide bonds. The third kappa shape index (κ3) is 3.83. The van der Waals surface area contributed by atoms with Gasteiger partial charge in [0, 0.05) is 30.9 Å². The molecule has 6 nitrogen and oxygen atoms in total. The summed E-state index contributed by atoms with van der Waals surface area (Å²) in [5.41, 5.74) is 8.98. The second-order valence-electron chi connectivity index (χ2n) is 7.54. The van der Waals surface area contributed by atoms with Gasteiger partial charge in [-0.25, -0.2) is 15.0 Å². The molecule has 0 saturated carbocycles. The van der Waals surface area contributed by atoms with Gasteiger partial charge in [0.25, 0.3) is 0 Å². The van der Waals surface area contributed by atoms with Crippen molar-refractivity contribution in [2.45, 2.75) is 52.7 Å². The quantitative estimate of drug-likeness (QED) is 0.706. The lowest BCUT2D eigenvalue weighted by Crippen LogP contribution is -2.48. The van der Waals surface area contributed by atoms with Crippen LogP contribution >= 0.6 is 23.2 Å². The summed E-state index contributed by atoms with van der Waals surface area (Å²) in [5, 5.41) is 10.5. The van der Waals surface area contributed by atoms with Gasteiger partial charge in [0.1, 0.15) is 10.8 Å². The Morgan fingerprint density at radius 1 is 1.29 bits per heavy atom. The van der Waals surface area contributed by atoms with Gasteiger partial charge in [-0.05, 0) is 44.6 Å². The molecule has 1 aliphatic rings. The van der Waals surface area contributed by atoms with Crippen LogP contribution in [0.2, 0.25) is 10.2 Å². The van der Waals surface area contributed by atoms with Crippen LogP contribution in [0.1, 0.15) is 44.5 Å². The van der Waals surface area contributed by atoms with E-state index in [0.717, 1.165) is 43.9 Å². The first kappa shape index (κ1) is 21.2. The van der Waals surface area contributed by atoms with Crippen LogP contribution in [-0.2, 0) is 6.61 Å².